The van der Waals surface area contributed by atoms with Gasteiger partial charge in [0.15, 0.2) is 0 Å². The highest BCUT2D eigenvalue weighted by atomic mass is 15.0. The molecule has 9 heavy (non-hydrogen) atoms. The molecule has 0 aromatic heterocycles. The third-order valence-electron chi connectivity index (χ3n) is 2.05. The Morgan fingerprint density at radius 3 is 2.78 bits per heavy atom. The average Bonchev–Trinajstić information content (AvgIpc) is 2.18. The highest BCUT2D eigenvalue weighted by molar-refractivity contribution is 4.82. The predicted molar refractivity (Wildman–Crippen MR) is 39.2 cm³/mol. The molecule has 0 unspecified atom stereocenters. The van der Waals surface area contributed by atoms with Gasteiger partial charge in [-0.3, -0.25) is 0 Å². The van der Waals surface area contributed by atoms with Crippen LogP contribution in [0.3, 0.4) is 0 Å². The molecule has 1 aliphatic heterocycles. The highest BCUT2D eigenvalue weighted by Crippen LogP contribution is 2.12. The summed E-state index contributed by atoms with van der Waals surface area (Å²) in [6.45, 7) is 4.37. The summed E-state index contributed by atoms with van der Waals surface area (Å²) in [5.74, 6) is 0.745. The zero-order chi connectivity index (χ0) is 6.69. The Morgan fingerprint density at radius 1 is 1.56 bits per heavy atom. The van der Waals surface area contributed by atoms with E-state index < -0.39 is 0 Å². The lowest BCUT2D eigenvalue weighted by Gasteiger charge is -2.11. The van der Waals surface area contributed by atoms with Crippen LogP contribution >= 0.6 is 0 Å². The smallest absolute Gasteiger partial charge is 0.0206 e. The van der Waals surface area contributed by atoms with Crippen molar-refractivity contribution in [3.05, 3.63) is 0 Å². The Hall–Kier alpha value is -0.0800. The van der Waals surface area contributed by atoms with Gasteiger partial charge in [-0.15, -0.1) is 0 Å². The van der Waals surface area contributed by atoms with E-state index in [0.29, 0.717) is 6.04 Å². The Bertz CT molecular complexity index is 83.0. The SMILES string of the molecule is CCC[C@@H]1CNC[C@@H]1N. The van der Waals surface area contributed by atoms with Gasteiger partial charge in [-0.2, -0.15) is 0 Å². The molecule has 0 bridgehead atoms. The fourth-order valence-corrected chi connectivity index (χ4v) is 1.44. The van der Waals surface area contributed by atoms with Crippen LogP contribution in [-0.4, -0.2) is 19.1 Å². The number of nitrogens with one attached hydrogen (secondary N) is 1. The van der Waals surface area contributed by atoms with Crippen LogP contribution in [0.2, 0.25) is 0 Å². The van der Waals surface area contributed by atoms with Crippen molar-refractivity contribution in [2.45, 2.75) is 25.8 Å². The van der Waals surface area contributed by atoms with Crippen LogP contribution in [0.15, 0.2) is 0 Å². The van der Waals surface area contributed by atoms with Gasteiger partial charge in [0.1, 0.15) is 0 Å². The van der Waals surface area contributed by atoms with Gasteiger partial charge in [0, 0.05) is 12.6 Å². The first-order valence-corrected chi connectivity index (χ1v) is 3.81. The van der Waals surface area contributed by atoms with Gasteiger partial charge in [-0.1, -0.05) is 13.3 Å². The molecule has 0 radical (unpaired) electrons. The highest BCUT2D eigenvalue weighted by Gasteiger charge is 2.21. The van der Waals surface area contributed by atoms with E-state index in [4.69, 9.17) is 5.73 Å². The van der Waals surface area contributed by atoms with Crippen molar-refractivity contribution in [2.75, 3.05) is 13.1 Å². The first kappa shape index (κ1) is 7.03. The lowest BCUT2D eigenvalue weighted by atomic mass is 9.99. The molecule has 0 aromatic carbocycles. The molecule has 0 aliphatic carbocycles. The van der Waals surface area contributed by atoms with Gasteiger partial charge in [0.25, 0.3) is 0 Å². The molecule has 1 saturated heterocycles. The lowest BCUT2D eigenvalue weighted by Crippen LogP contribution is -2.28. The molecule has 0 spiro atoms. The largest absolute Gasteiger partial charge is 0.326 e. The molecule has 2 heteroatoms. The molecular weight excluding hydrogens is 112 g/mol. The normalized spacial score (nSPS) is 35.3. The Balaban J connectivity index is 2.22. The van der Waals surface area contributed by atoms with Crippen LogP contribution in [0.1, 0.15) is 19.8 Å². The van der Waals surface area contributed by atoms with Crippen LogP contribution in [0, 0.1) is 5.92 Å². The van der Waals surface area contributed by atoms with Crippen molar-refractivity contribution < 1.29 is 0 Å². The quantitative estimate of drug-likeness (QED) is 0.562. The molecule has 1 aliphatic rings. The molecule has 1 rings (SSSR count). The average molecular weight is 128 g/mol. The maximum atomic E-state index is 5.80. The summed E-state index contributed by atoms with van der Waals surface area (Å²) in [7, 11) is 0. The monoisotopic (exact) mass is 128 g/mol. The molecule has 2 nitrogen and oxygen atoms in total. The van der Waals surface area contributed by atoms with E-state index in [-0.39, 0.29) is 0 Å². The van der Waals surface area contributed by atoms with Crippen LogP contribution in [0.4, 0.5) is 0 Å². The van der Waals surface area contributed by atoms with E-state index in [9.17, 15) is 0 Å². The summed E-state index contributed by atoms with van der Waals surface area (Å²) >= 11 is 0. The maximum Gasteiger partial charge on any atom is 0.0206 e. The fourth-order valence-electron chi connectivity index (χ4n) is 1.44. The van der Waals surface area contributed by atoms with Crippen molar-refractivity contribution in [3.8, 4) is 0 Å². The van der Waals surface area contributed by atoms with Gasteiger partial charge < -0.3 is 11.1 Å². The van der Waals surface area contributed by atoms with E-state index >= 15 is 0 Å². The van der Waals surface area contributed by atoms with Crippen molar-refractivity contribution in [1.29, 1.82) is 0 Å². The standard InChI is InChI=1S/C7H16N2/c1-2-3-6-4-9-5-7(6)8/h6-7,9H,2-5,8H2,1H3/t6-,7+/m1/s1. The first-order chi connectivity index (χ1) is 4.34. The third kappa shape index (κ3) is 1.66. The molecule has 0 aromatic rings. The minimum atomic E-state index is 0.421. The van der Waals surface area contributed by atoms with E-state index in [2.05, 4.69) is 12.2 Å². The molecular formula is C7H16N2. The minimum absolute atomic E-state index is 0.421. The second-order valence-electron chi connectivity index (χ2n) is 2.87. The van der Waals surface area contributed by atoms with Gasteiger partial charge in [-0.25, -0.2) is 0 Å². The predicted octanol–water partition coefficient (Wildman–Crippen LogP) is 0.333. The molecule has 2 atom stereocenters. The van der Waals surface area contributed by atoms with E-state index in [1.807, 2.05) is 0 Å². The van der Waals surface area contributed by atoms with Crippen LogP contribution in [0.5, 0.6) is 0 Å². The fraction of sp³-hybridized carbons (Fsp3) is 1.00. The van der Waals surface area contributed by atoms with Crippen molar-refractivity contribution in [3.63, 3.8) is 0 Å². The second kappa shape index (κ2) is 3.18. The third-order valence-corrected chi connectivity index (χ3v) is 2.05. The summed E-state index contributed by atoms with van der Waals surface area (Å²) < 4.78 is 0. The molecule has 0 amide bonds. The Kier molecular flexibility index (Phi) is 2.49. The van der Waals surface area contributed by atoms with Crippen LogP contribution < -0.4 is 11.1 Å². The van der Waals surface area contributed by atoms with Gasteiger partial charge in [-0.05, 0) is 18.9 Å². The topological polar surface area (TPSA) is 38.0 Å². The zero-order valence-corrected chi connectivity index (χ0v) is 6.06. The summed E-state index contributed by atoms with van der Waals surface area (Å²) in [6.07, 6.45) is 2.55. The minimum Gasteiger partial charge on any atom is -0.326 e. The second-order valence-corrected chi connectivity index (χ2v) is 2.87. The summed E-state index contributed by atoms with van der Waals surface area (Å²) in [6, 6.07) is 0.421. The number of hydrogen-bond acceptors (Lipinski definition) is 2. The van der Waals surface area contributed by atoms with E-state index in [1.54, 1.807) is 0 Å². The Morgan fingerprint density at radius 2 is 2.33 bits per heavy atom. The van der Waals surface area contributed by atoms with Gasteiger partial charge in [0.2, 0.25) is 0 Å². The molecule has 0 saturated carbocycles. The number of nitrogens with two attached hydrogens (primary N) is 1. The maximum absolute atomic E-state index is 5.80. The lowest BCUT2D eigenvalue weighted by molar-refractivity contribution is 0.471. The molecule has 1 fully saturated rings. The van der Waals surface area contributed by atoms with Crippen molar-refractivity contribution >= 4 is 0 Å². The number of rotatable bonds is 2. The van der Waals surface area contributed by atoms with E-state index in [1.165, 1.54) is 12.8 Å². The zero-order valence-electron chi connectivity index (χ0n) is 6.06. The van der Waals surface area contributed by atoms with Gasteiger partial charge in [0.05, 0.1) is 0 Å². The van der Waals surface area contributed by atoms with Crippen molar-refractivity contribution in [2.24, 2.45) is 11.7 Å². The number of hydrogen-bond donors (Lipinski definition) is 2. The van der Waals surface area contributed by atoms with E-state index in [0.717, 1.165) is 19.0 Å². The molecule has 1 heterocycles. The Labute approximate surface area is 56.8 Å². The summed E-state index contributed by atoms with van der Waals surface area (Å²) in [5, 5.41) is 3.28. The summed E-state index contributed by atoms with van der Waals surface area (Å²) in [5.41, 5.74) is 5.80. The van der Waals surface area contributed by atoms with Gasteiger partial charge >= 0.3 is 0 Å². The first-order valence-electron chi connectivity index (χ1n) is 3.81. The van der Waals surface area contributed by atoms with Crippen LogP contribution in [-0.2, 0) is 0 Å². The molecule has 3 N–H and O–H groups in total. The molecule has 54 valence electrons. The van der Waals surface area contributed by atoms with Crippen LogP contribution in [0.25, 0.3) is 0 Å². The summed E-state index contributed by atoms with van der Waals surface area (Å²) in [4.78, 5) is 0. The van der Waals surface area contributed by atoms with Crippen molar-refractivity contribution in [1.82, 2.24) is 5.32 Å².